The Morgan fingerprint density at radius 1 is 0.649 bits per heavy atom. The first-order valence-corrected chi connectivity index (χ1v) is 15.0. The number of benzene rings is 2. The van der Waals surface area contributed by atoms with Gasteiger partial charge in [0, 0.05) is 26.3 Å². The average Bonchev–Trinajstić information content (AvgIpc) is 2.69. The van der Waals surface area contributed by atoms with Crippen LogP contribution in [0.3, 0.4) is 0 Å². The molecule has 5 heteroatoms. The molecule has 37 heavy (non-hydrogen) atoms. The van der Waals surface area contributed by atoms with Gasteiger partial charge in [-0.25, -0.2) is 0 Å². The van der Waals surface area contributed by atoms with Gasteiger partial charge >= 0.3 is 0 Å². The first kappa shape index (κ1) is 33.9. The molecule has 0 spiro atoms. The number of thiol groups is 1. The largest absolute Gasteiger partial charge is 0.507 e. The van der Waals surface area contributed by atoms with Crippen molar-refractivity contribution in [3.8, 4) is 11.5 Å². The van der Waals surface area contributed by atoms with Crippen molar-refractivity contribution in [2.24, 2.45) is 16.6 Å². The molecule has 3 nitrogen and oxygen atoms in total. The summed E-state index contributed by atoms with van der Waals surface area (Å²) in [6.45, 7) is 23.5. The van der Waals surface area contributed by atoms with Gasteiger partial charge in [0.05, 0.1) is 0 Å². The van der Waals surface area contributed by atoms with Gasteiger partial charge in [0.15, 0.2) is 0 Å². The summed E-state index contributed by atoms with van der Waals surface area (Å²) in [7, 11) is -0.953. The Balaban J connectivity index is 0.00000684. The zero-order valence-electron chi connectivity index (χ0n) is 24.9. The maximum absolute atomic E-state index is 11.1. The summed E-state index contributed by atoms with van der Waals surface area (Å²) >= 11 is 0. The second-order valence-corrected chi connectivity index (χ2v) is 16.6. The molecule has 0 saturated heterocycles. The Kier molecular flexibility index (Phi) is 11.7. The van der Waals surface area contributed by atoms with Gasteiger partial charge in [-0.15, -0.1) is 0 Å². The molecule has 0 aliphatic heterocycles. The maximum Gasteiger partial charge on any atom is 0.127 e. The molecule has 0 radical (unpaired) electrons. The van der Waals surface area contributed by atoms with E-state index in [-0.39, 0.29) is 38.2 Å². The molecule has 0 bridgehead atoms. The van der Waals surface area contributed by atoms with Crippen molar-refractivity contribution in [1.82, 2.24) is 0 Å². The van der Waals surface area contributed by atoms with Crippen LogP contribution in [0.1, 0.15) is 106 Å². The van der Waals surface area contributed by atoms with E-state index in [1.807, 2.05) is 12.1 Å². The Bertz CT molecular complexity index is 941. The van der Waals surface area contributed by atoms with Crippen LogP contribution in [0.5, 0.6) is 11.5 Å². The molecule has 0 amide bonds. The van der Waals surface area contributed by atoms with Crippen LogP contribution in [0.4, 0.5) is 0 Å². The van der Waals surface area contributed by atoms with E-state index in [9.17, 15) is 10.2 Å². The predicted molar refractivity (Wildman–Crippen MR) is 159 cm³/mol. The molecule has 4 N–H and O–H groups in total. The molecule has 2 rings (SSSR count). The van der Waals surface area contributed by atoms with E-state index in [4.69, 9.17) is 5.73 Å². The molecule has 0 aromatic heterocycles. The topological polar surface area (TPSA) is 66.5 Å². The second kappa shape index (κ2) is 12.8. The summed E-state index contributed by atoms with van der Waals surface area (Å²) in [5.74, 6) is 1.53. The first-order valence-electron chi connectivity index (χ1n) is 13.5. The molecule has 0 fully saturated rings. The third-order valence-corrected chi connectivity index (χ3v) is 9.52. The molecule has 214 valence electrons. The number of hydrogen-bond donors (Lipinski definition) is 4. The van der Waals surface area contributed by atoms with Crippen LogP contribution in [0.25, 0.3) is 0 Å². The fourth-order valence-corrected chi connectivity index (χ4v) is 8.54. The van der Waals surface area contributed by atoms with Crippen molar-refractivity contribution >= 4 is 10.9 Å². The molecule has 2 aromatic carbocycles. The van der Waals surface area contributed by atoms with E-state index >= 15 is 0 Å². The van der Waals surface area contributed by atoms with Crippen LogP contribution in [0, 0.1) is 10.8 Å². The van der Waals surface area contributed by atoms with Gasteiger partial charge < -0.3 is 15.9 Å². The molecule has 0 aliphatic carbocycles. The van der Waals surface area contributed by atoms with Crippen molar-refractivity contribution in [2.45, 2.75) is 116 Å². The average molecular weight is 575 g/mol. The quantitative estimate of drug-likeness (QED) is 0.130. The Labute approximate surface area is 240 Å². The van der Waals surface area contributed by atoms with E-state index in [2.05, 4.69) is 93.5 Å². The minimum Gasteiger partial charge on any atom is -0.507 e. The molecule has 0 aliphatic rings. The first-order chi connectivity index (χ1) is 16.4. The summed E-state index contributed by atoms with van der Waals surface area (Å²) in [5, 5.41) is 22.2. The Morgan fingerprint density at radius 2 is 1.03 bits per heavy atom. The summed E-state index contributed by atoms with van der Waals surface area (Å²) < 4.78 is 0. The molecule has 0 heterocycles. The third-order valence-electron chi connectivity index (χ3n) is 6.88. The summed E-state index contributed by atoms with van der Waals surface area (Å²) in [5.41, 5.74) is 8.64. The van der Waals surface area contributed by atoms with Gasteiger partial charge in [0.2, 0.25) is 0 Å². The van der Waals surface area contributed by atoms with E-state index in [1.165, 1.54) is 11.1 Å². The van der Waals surface area contributed by atoms with E-state index in [1.54, 1.807) is 0 Å². The zero-order chi connectivity index (χ0) is 27.5. The number of phenolic OH excluding ortho intramolecular Hbond substituents is 2. The van der Waals surface area contributed by atoms with Crippen molar-refractivity contribution in [3.05, 3.63) is 47.5 Å². The van der Waals surface area contributed by atoms with Gasteiger partial charge in [-0.05, 0) is 95.0 Å². The van der Waals surface area contributed by atoms with E-state index < -0.39 is 10.9 Å². The smallest absolute Gasteiger partial charge is 0.127 e. The Morgan fingerprint density at radius 3 is 1.35 bits per heavy atom. The van der Waals surface area contributed by atoms with Gasteiger partial charge in [-0.1, -0.05) is 81.4 Å². The molecule has 0 unspecified atom stereocenters. The Hall–Kier alpha value is -1.16. The molecule has 2 aromatic rings. The third kappa shape index (κ3) is 9.83. The maximum atomic E-state index is 11.1. The SMILES string of the molecule is CC(C)(C)CC(C)(C)c1ccc(O)c([SH](CCCCN)c2cc(C(C)(C)CC(C)(C)C)ccc2O)c1.[Ni]. The zero-order valence-corrected chi connectivity index (χ0v) is 26.8. The van der Waals surface area contributed by atoms with Gasteiger partial charge in [0.25, 0.3) is 0 Å². The van der Waals surface area contributed by atoms with E-state index in [0.29, 0.717) is 18.0 Å². The van der Waals surface area contributed by atoms with Gasteiger partial charge in [0.1, 0.15) is 11.5 Å². The van der Waals surface area contributed by atoms with Crippen molar-refractivity contribution < 1.29 is 26.7 Å². The fourth-order valence-electron chi connectivity index (χ4n) is 5.96. The molecule has 0 atom stereocenters. The van der Waals surface area contributed by atoms with Crippen LogP contribution in [-0.4, -0.2) is 22.5 Å². The fraction of sp³-hybridized carbons (Fsp3) is 0.625. The number of unbranched alkanes of at least 4 members (excludes halogenated alkanes) is 1. The number of rotatable bonds is 10. The normalized spacial score (nSPS) is 13.3. The number of hydrogen-bond acceptors (Lipinski definition) is 3. The van der Waals surface area contributed by atoms with Crippen LogP contribution < -0.4 is 5.73 Å². The molecular weight excluding hydrogens is 521 g/mol. The van der Waals surface area contributed by atoms with Gasteiger partial charge in [-0.3, -0.25) is 0 Å². The van der Waals surface area contributed by atoms with Crippen molar-refractivity contribution in [1.29, 1.82) is 0 Å². The van der Waals surface area contributed by atoms with Crippen LogP contribution in [0.15, 0.2) is 46.2 Å². The summed E-state index contributed by atoms with van der Waals surface area (Å²) in [4.78, 5) is 1.92. The number of phenols is 2. The molecule has 0 saturated carbocycles. The van der Waals surface area contributed by atoms with Crippen molar-refractivity contribution in [3.63, 3.8) is 0 Å². The standard InChI is InChI=1S/C32H53NO2S.Ni/c1-29(2,3)21-31(7,8)23-13-15-25(34)27(19-23)36(18-12-11-17-33)28-20-24(14-16-26(28)35)32(9,10)22-30(4,5)6;/h13-16,19-20,34-36H,11-12,17-18,21-22,33H2,1-10H3;. The van der Waals surface area contributed by atoms with Crippen LogP contribution >= 0.6 is 10.9 Å². The minimum absolute atomic E-state index is 0. The monoisotopic (exact) mass is 573 g/mol. The minimum atomic E-state index is -0.953. The number of aromatic hydroxyl groups is 2. The van der Waals surface area contributed by atoms with Gasteiger partial charge in [-0.2, -0.15) is 10.9 Å². The van der Waals surface area contributed by atoms with Crippen molar-refractivity contribution in [2.75, 3.05) is 12.3 Å². The van der Waals surface area contributed by atoms with Crippen LogP contribution in [-0.2, 0) is 27.3 Å². The molecular formula is C32H53NNiO2S. The number of nitrogens with two attached hydrogens (primary N) is 1. The predicted octanol–water partition coefficient (Wildman–Crippen LogP) is 8.68. The summed E-state index contributed by atoms with van der Waals surface area (Å²) in [6, 6.07) is 12.3. The second-order valence-electron chi connectivity index (χ2n) is 14.3. The van der Waals surface area contributed by atoms with E-state index in [0.717, 1.165) is 41.2 Å². The van der Waals surface area contributed by atoms with Crippen LogP contribution in [0.2, 0.25) is 0 Å². The summed E-state index contributed by atoms with van der Waals surface area (Å²) in [6.07, 6.45) is 3.98.